The Bertz CT molecular complexity index is 107. The molecule has 0 heterocycles. The molecule has 0 fully saturated rings. The summed E-state index contributed by atoms with van der Waals surface area (Å²) in [5, 5.41) is 12.4. The summed E-state index contributed by atoms with van der Waals surface area (Å²) in [5.41, 5.74) is 0. The van der Waals surface area contributed by atoms with E-state index in [2.05, 4.69) is 12.2 Å². The van der Waals surface area contributed by atoms with Crippen LogP contribution in [0.2, 0.25) is 0 Å². The molecule has 3 atom stereocenters. The lowest BCUT2D eigenvalue weighted by Gasteiger charge is -2.17. The molecule has 0 aromatic rings. The molecule has 3 nitrogen and oxygen atoms in total. The molecule has 0 aromatic carbocycles. The second-order valence-electron chi connectivity index (χ2n) is 3.44. The van der Waals surface area contributed by atoms with Gasteiger partial charge in [0.15, 0.2) is 0 Å². The molecule has 0 rings (SSSR count). The number of methoxy groups -OCH3 is 1. The highest BCUT2D eigenvalue weighted by molar-refractivity contribution is 4.65. The lowest BCUT2D eigenvalue weighted by Crippen LogP contribution is -2.35. The van der Waals surface area contributed by atoms with Crippen LogP contribution in [0.15, 0.2) is 0 Å². The molecule has 0 aliphatic carbocycles. The van der Waals surface area contributed by atoms with E-state index in [9.17, 15) is 0 Å². The van der Waals surface area contributed by atoms with Gasteiger partial charge in [-0.25, -0.2) is 0 Å². The quantitative estimate of drug-likeness (QED) is 0.626. The molecule has 3 heteroatoms. The second-order valence-corrected chi connectivity index (χ2v) is 3.44. The van der Waals surface area contributed by atoms with Crippen LogP contribution in [-0.4, -0.2) is 37.0 Å². The van der Waals surface area contributed by atoms with E-state index in [0.29, 0.717) is 6.04 Å². The van der Waals surface area contributed by atoms with Crippen molar-refractivity contribution in [3.63, 3.8) is 0 Å². The molecule has 2 N–H and O–H groups in total. The molecule has 12 heavy (non-hydrogen) atoms. The average molecular weight is 175 g/mol. The summed E-state index contributed by atoms with van der Waals surface area (Å²) in [6.07, 6.45) is 0.794. The van der Waals surface area contributed by atoms with E-state index in [0.717, 1.165) is 13.0 Å². The average Bonchev–Trinajstić information content (AvgIpc) is 1.99. The van der Waals surface area contributed by atoms with Crippen molar-refractivity contribution >= 4 is 0 Å². The fourth-order valence-electron chi connectivity index (χ4n) is 1.05. The van der Waals surface area contributed by atoms with Crippen LogP contribution >= 0.6 is 0 Å². The van der Waals surface area contributed by atoms with E-state index in [1.54, 1.807) is 14.0 Å². The molecule has 0 radical (unpaired) electrons. The Kier molecular flexibility index (Phi) is 6.34. The van der Waals surface area contributed by atoms with Gasteiger partial charge in [-0.3, -0.25) is 0 Å². The smallest absolute Gasteiger partial charge is 0.0667 e. The zero-order valence-electron chi connectivity index (χ0n) is 8.50. The predicted octanol–water partition coefficient (Wildman–Crippen LogP) is 0.770. The standard InChI is InChI=1S/C9H21NO2/c1-7(5-8(2)11)10-6-9(3)12-4/h7-11H,5-6H2,1-4H3. The van der Waals surface area contributed by atoms with Crippen molar-refractivity contribution < 1.29 is 9.84 Å². The van der Waals surface area contributed by atoms with Gasteiger partial charge in [0, 0.05) is 19.7 Å². The summed E-state index contributed by atoms with van der Waals surface area (Å²) in [4.78, 5) is 0. The first-order valence-corrected chi connectivity index (χ1v) is 4.50. The largest absolute Gasteiger partial charge is 0.393 e. The van der Waals surface area contributed by atoms with E-state index >= 15 is 0 Å². The van der Waals surface area contributed by atoms with Crippen LogP contribution in [0.4, 0.5) is 0 Å². The van der Waals surface area contributed by atoms with Crippen molar-refractivity contribution in [3.8, 4) is 0 Å². The minimum Gasteiger partial charge on any atom is -0.393 e. The molecule has 0 saturated heterocycles. The first kappa shape index (κ1) is 11.9. The molecular formula is C9H21NO2. The Morgan fingerprint density at radius 2 is 1.92 bits per heavy atom. The summed E-state index contributed by atoms with van der Waals surface area (Å²) in [5.74, 6) is 0. The summed E-state index contributed by atoms with van der Waals surface area (Å²) in [7, 11) is 1.70. The molecule has 0 saturated carbocycles. The highest BCUT2D eigenvalue weighted by atomic mass is 16.5. The van der Waals surface area contributed by atoms with Crippen LogP contribution in [0.25, 0.3) is 0 Å². The minimum absolute atomic E-state index is 0.231. The predicted molar refractivity (Wildman–Crippen MR) is 50.2 cm³/mol. The van der Waals surface area contributed by atoms with Gasteiger partial charge in [-0.2, -0.15) is 0 Å². The SMILES string of the molecule is COC(C)CNC(C)CC(C)O. The first-order valence-electron chi connectivity index (χ1n) is 4.50. The maximum absolute atomic E-state index is 9.07. The van der Waals surface area contributed by atoms with Crippen molar-refractivity contribution in [2.24, 2.45) is 0 Å². The van der Waals surface area contributed by atoms with Crippen molar-refractivity contribution in [1.82, 2.24) is 5.32 Å². The molecule has 0 bridgehead atoms. The van der Waals surface area contributed by atoms with Gasteiger partial charge >= 0.3 is 0 Å². The minimum atomic E-state index is -0.231. The van der Waals surface area contributed by atoms with Gasteiger partial charge < -0.3 is 15.2 Å². The monoisotopic (exact) mass is 175 g/mol. The van der Waals surface area contributed by atoms with Gasteiger partial charge in [0.1, 0.15) is 0 Å². The topological polar surface area (TPSA) is 41.5 Å². The molecule has 0 aliphatic rings. The highest BCUT2D eigenvalue weighted by Gasteiger charge is 2.06. The van der Waals surface area contributed by atoms with E-state index in [1.165, 1.54) is 0 Å². The fourth-order valence-corrected chi connectivity index (χ4v) is 1.05. The number of aliphatic hydroxyl groups is 1. The third kappa shape index (κ3) is 6.58. The number of rotatable bonds is 6. The van der Waals surface area contributed by atoms with Gasteiger partial charge in [-0.1, -0.05) is 0 Å². The Morgan fingerprint density at radius 3 is 2.33 bits per heavy atom. The molecule has 0 spiro atoms. The van der Waals surface area contributed by atoms with Gasteiger partial charge in [0.05, 0.1) is 12.2 Å². The van der Waals surface area contributed by atoms with Crippen LogP contribution < -0.4 is 5.32 Å². The summed E-state index contributed by atoms with van der Waals surface area (Å²) >= 11 is 0. The van der Waals surface area contributed by atoms with E-state index < -0.39 is 0 Å². The Hall–Kier alpha value is -0.120. The van der Waals surface area contributed by atoms with Crippen molar-refractivity contribution in [3.05, 3.63) is 0 Å². The van der Waals surface area contributed by atoms with Gasteiger partial charge in [0.25, 0.3) is 0 Å². The van der Waals surface area contributed by atoms with Gasteiger partial charge in [-0.05, 0) is 27.2 Å². The normalized spacial score (nSPS) is 18.8. The van der Waals surface area contributed by atoms with Crippen LogP contribution in [0.1, 0.15) is 27.2 Å². The molecule has 74 valence electrons. The molecule has 0 aliphatic heterocycles. The Labute approximate surface area is 75.1 Å². The van der Waals surface area contributed by atoms with Crippen LogP contribution in [0.5, 0.6) is 0 Å². The third-order valence-electron chi connectivity index (χ3n) is 1.85. The third-order valence-corrected chi connectivity index (χ3v) is 1.85. The molecule has 0 amide bonds. The van der Waals surface area contributed by atoms with E-state index in [1.807, 2.05) is 6.92 Å². The van der Waals surface area contributed by atoms with E-state index in [-0.39, 0.29) is 12.2 Å². The maximum atomic E-state index is 9.07. The lowest BCUT2D eigenvalue weighted by molar-refractivity contribution is 0.110. The Balaban J connectivity index is 3.36. The van der Waals surface area contributed by atoms with Crippen LogP contribution in [0.3, 0.4) is 0 Å². The van der Waals surface area contributed by atoms with Gasteiger partial charge in [0.2, 0.25) is 0 Å². The zero-order chi connectivity index (χ0) is 9.56. The van der Waals surface area contributed by atoms with Crippen molar-refractivity contribution in [2.75, 3.05) is 13.7 Å². The number of nitrogens with one attached hydrogen (secondary N) is 1. The van der Waals surface area contributed by atoms with Gasteiger partial charge in [-0.15, -0.1) is 0 Å². The fraction of sp³-hybridized carbons (Fsp3) is 1.00. The zero-order valence-corrected chi connectivity index (χ0v) is 8.50. The summed E-state index contributed by atoms with van der Waals surface area (Å²) in [6, 6.07) is 0.350. The van der Waals surface area contributed by atoms with Crippen molar-refractivity contribution in [2.45, 2.75) is 45.4 Å². The van der Waals surface area contributed by atoms with Crippen molar-refractivity contribution in [1.29, 1.82) is 0 Å². The number of ether oxygens (including phenoxy) is 1. The number of hydrogen-bond donors (Lipinski definition) is 2. The molecule has 0 aromatic heterocycles. The highest BCUT2D eigenvalue weighted by Crippen LogP contribution is 1.96. The number of aliphatic hydroxyl groups excluding tert-OH is 1. The summed E-state index contributed by atoms with van der Waals surface area (Å²) in [6.45, 7) is 6.72. The van der Waals surface area contributed by atoms with Crippen LogP contribution in [-0.2, 0) is 4.74 Å². The molecule has 3 unspecified atom stereocenters. The van der Waals surface area contributed by atoms with Crippen LogP contribution in [0, 0.1) is 0 Å². The maximum Gasteiger partial charge on any atom is 0.0667 e. The summed E-state index contributed by atoms with van der Waals surface area (Å²) < 4.78 is 5.08. The molecular weight excluding hydrogens is 154 g/mol. The second kappa shape index (κ2) is 6.40. The van der Waals surface area contributed by atoms with E-state index in [4.69, 9.17) is 9.84 Å². The Morgan fingerprint density at radius 1 is 1.33 bits per heavy atom. The number of hydrogen-bond acceptors (Lipinski definition) is 3. The first-order chi connectivity index (χ1) is 5.56. The lowest BCUT2D eigenvalue weighted by atomic mass is 10.1.